The maximum absolute atomic E-state index is 14.7. The van der Waals surface area contributed by atoms with Crippen molar-refractivity contribution in [2.24, 2.45) is 0 Å². The summed E-state index contributed by atoms with van der Waals surface area (Å²) in [5.41, 5.74) is 8.25. The number of benzene rings is 1. The van der Waals surface area contributed by atoms with Crippen LogP contribution in [0.1, 0.15) is 50.6 Å². The second-order valence-electron chi connectivity index (χ2n) is 8.88. The number of ketones is 1. The summed E-state index contributed by atoms with van der Waals surface area (Å²) in [7, 11) is 0. The Kier molecular flexibility index (Phi) is 6.83. The van der Waals surface area contributed by atoms with E-state index in [2.05, 4.69) is 20.3 Å². The van der Waals surface area contributed by atoms with Crippen LogP contribution in [-0.2, 0) is 16.8 Å². The Morgan fingerprint density at radius 3 is 2.61 bits per heavy atom. The molecule has 10 heteroatoms. The summed E-state index contributed by atoms with van der Waals surface area (Å²) < 4.78 is 16.3. The molecule has 4 rings (SSSR count). The zero-order chi connectivity index (χ0) is 25.9. The largest absolute Gasteiger partial charge is 0.368 e. The van der Waals surface area contributed by atoms with Crippen LogP contribution in [-0.4, -0.2) is 35.7 Å². The molecule has 0 saturated heterocycles. The Morgan fingerprint density at radius 2 is 1.89 bits per heavy atom. The number of nitriles is 1. The van der Waals surface area contributed by atoms with Gasteiger partial charge in [-0.1, -0.05) is 31.2 Å². The van der Waals surface area contributed by atoms with Crippen LogP contribution in [0, 0.1) is 17.1 Å². The number of rotatable bonds is 8. The van der Waals surface area contributed by atoms with Crippen LogP contribution >= 0.6 is 0 Å². The van der Waals surface area contributed by atoms with E-state index in [-0.39, 0.29) is 34.0 Å². The lowest BCUT2D eigenvalue weighted by atomic mass is 9.79. The Bertz CT molecular complexity index is 1480. The quantitative estimate of drug-likeness (QED) is 0.395. The number of halogens is 1. The average Bonchev–Trinajstić information content (AvgIpc) is 3.32. The minimum Gasteiger partial charge on any atom is -0.368 e. The second-order valence-corrected chi connectivity index (χ2v) is 8.88. The van der Waals surface area contributed by atoms with E-state index < -0.39 is 5.82 Å². The summed E-state index contributed by atoms with van der Waals surface area (Å²) >= 11 is 0. The first-order valence-corrected chi connectivity index (χ1v) is 11.4. The van der Waals surface area contributed by atoms with E-state index in [1.807, 2.05) is 38.1 Å². The van der Waals surface area contributed by atoms with E-state index in [0.29, 0.717) is 24.4 Å². The third kappa shape index (κ3) is 5.10. The Hall–Kier alpha value is -4.52. The number of hydrogen-bond acceptors (Lipinski definition) is 8. The standard InChI is InChI=1S/C26H25FN8O/c1-4-26(3,12-16(2)36)23-10-6-8-18(30-23)14-35-15-22(33-34-35)21-11-20(31-25(29)32-21)19-9-5-7-17(13-28)24(19)27/h5-11,15H,4,12,14H2,1-3H3,(H2,29,31,32). The van der Waals surface area contributed by atoms with Crippen molar-refractivity contribution < 1.29 is 9.18 Å². The third-order valence-electron chi connectivity index (χ3n) is 6.11. The summed E-state index contributed by atoms with van der Waals surface area (Å²) in [6.07, 6.45) is 2.89. The van der Waals surface area contributed by atoms with Gasteiger partial charge in [-0.2, -0.15) is 5.26 Å². The number of pyridine rings is 1. The highest BCUT2D eigenvalue weighted by atomic mass is 19.1. The highest BCUT2D eigenvalue weighted by Gasteiger charge is 2.28. The Labute approximate surface area is 207 Å². The normalized spacial score (nSPS) is 12.6. The number of nitrogens with zero attached hydrogens (tertiary/aromatic N) is 7. The first-order chi connectivity index (χ1) is 17.2. The number of nitrogens with two attached hydrogens (primary N) is 1. The molecule has 0 fully saturated rings. The molecule has 9 nitrogen and oxygen atoms in total. The van der Waals surface area contributed by atoms with Gasteiger partial charge in [-0.15, -0.1) is 5.10 Å². The summed E-state index contributed by atoms with van der Waals surface area (Å²) in [5.74, 6) is -0.616. The van der Waals surface area contributed by atoms with Crippen LogP contribution in [0.4, 0.5) is 10.3 Å². The van der Waals surface area contributed by atoms with Gasteiger partial charge >= 0.3 is 0 Å². The number of nitrogen functional groups attached to an aromatic ring is 1. The maximum atomic E-state index is 14.7. The highest BCUT2D eigenvalue weighted by molar-refractivity contribution is 5.77. The molecule has 0 amide bonds. The second kappa shape index (κ2) is 10.00. The molecule has 4 aromatic rings. The van der Waals surface area contributed by atoms with Crippen molar-refractivity contribution in [3.05, 3.63) is 71.4 Å². The summed E-state index contributed by atoms with van der Waals surface area (Å²) in [5, 5.41) is 17.5. The molecule has 0 spiro atoms. The summed E-state index contributed by atoms with van der Waals surface area (Å²) in [6.45, 7) is 6.03. The lowest BCUT2D eigenvalue weighted by Crippen LogP contribution is -2.26. The molecule has 0 aliphatic rings. The first-order valence-electron chi connectivity index (χ1n) is 11.4. The van der Waals surface area contributed by atoms with Crippen molar-refractivity contribution in [3.63, 3.8) is 0 Å². The van der Waals surface area contributed by atoms with E-state index in [9.17, 15) is 9.18 Å². The minimum atomic E-state index is -0.678. The van der Waals surface area contributed by atoms with Crippen molar-refractivity contribution in [1.29, 1.82) is 5.26 Å². The number of aromatic nitrogens is 6. The molecule has 3 aromatic heterocycles. The molecule has 182 valence electrons. The molecule has 36 heavy (non-hydrogen) atoms. The van der Waals surface area contributed by atoms with E-state index in [1.165, 1.54) is 12.1 Å². The predicted molar refractivity (Wildman–Crippen MR) is 132 cm³/mol. The molecule has 1 atom stereocenters. The molecular formula is C26H25FN8O. The fraction of sp³-hybridized carbons (Fsp3) is 0.269. The molecular weight excluding hydrogens is 459 g/mol. The smallest absolute Gasteiger partial charge is 0.221 e. The number of carbonyl (C=O) groups is 1. The van der Waals surface area contributed by atoms with Gasteiger partial charge in [-0.25, -0.2) is 19.0 Å². The van der Waals surface area contributed by atoms with Crippen molar-refractivity contribution in [2.75, 3.05) is 5.73 Å². The van der Waals surface area contributed by atoms with Gasteiger partial charge in [0.25, 0.3) is 0 Å². The van der Waals surface area contributed by atoms with E-state index >= 15 is 0 Å². The molecule has 1 unspecified atom stereocenters. The molecule has 3 heterocycles. The van der Waals surface area contributed by atoms with Crippen LogP contribution in [0.3, 0.4) is 0 Å². The number of Topliss-reactive ketones (excluding diaryl/α,β-unsaturated/α-hetero) is 1. The topological polar surface area (TPSA) is 136 Å². The number of carbonyl (C=O) groups excluding carboxylic acids is 1. The van der Waals surface area contributed by atoms with Gasteiger partial charge in [-0.05, 0) is 43.7 Å². The van der Waals surface area contributed by atoms with E-state index in [1.54, 1.807) is 29.9 Å². The van der Waals surface area contributed by atoms with Gasteiger partial charge in [0.05, 0.1) is 35.4 Å². The third-order valence-corrected chi connectivity index (χ3v) is 6.11. The minimum absolute atomic E-state index is 0.0579. The van der Waals surface area contributed by atoms with E-state index in [4.69, 9.17) is 16.0 Å². The Morgan fingerprint density at radius 1 is 1.14 bits per heavy atom. The SMILES string of the molecule is CCC(C)(CC(C)=O)c1cccc(Cn2cc(-c3cc(-c4cccc(C#N)c4F)nc(N)n3)nn2)n1. The fourth-order valence-corrected chi connectivity index (χ4v) is 4.06. The van der Waals surface area contributed by atoms with Crippen LogP contribution in [0.2, 0.25) is 0 Å². The first kappa shape index (κ1) is 24.6. The highest BCUT2D eigenvalue weighted by Crippen LogP contribution is 2.30. The molecule has 0 bridgehead atoms. The number of hydrogen-bond donors (Lipinski definition) is 1. The van der Waals surface area contributed by atoms with Crippen molar-refractivity contribution in [2.45, 2.75) is 45.6 Å². The molecule has 1 aromatic carbocycles. The lowest BCUT2D eigenvalue weighted by Gasteiger charge is -2.27. The van der Waals surface area contributed by atoms with Crippen molar-refractivity contribution >= 4 is 11.7 Å². The predicted octanol–water partition coefficient (Wildman–Crippen LogP) is 4.09. The molecule has 0 aliphatic heterocycles. The zero-order valence-electron chi connectivity index (χ0n) is 20.2. The Balaban J connectivity index is 1.62. The average molecular weight is 485 g/mol. The van der Waals surface area contributed by atoms with Crippen molar-refractivity contribution in [1.82, 2.24) is 29.9 Å². The zero-order valence-corrected chi connectivity index (χ0v) is 20.2. The maximum Gasteiger partial charge on any atom is 0.221 e. The number of anilines is 1. The van der Waals surface area contributed by atoms with E-state index in [0.717, 1.165) is 17.8 Å². The van der Waals surface area contributed by atoms with Crippen LogP contribution in [0.25, 0.3) is 22.6 Å². The van der Waals surface area contributed by atoms with Crippen LogP contribution < -0.4 is 5.73 Å². The van der Waals surface area contributed by atoms with Crippen LogP contribution in [0.5, 0.6) is 0 Å². The molecule has 0 radical (unpaired) electrons. The van der Waals surface area contributed by atoms with Gasteiger partial charge in [0.2, 0.25) is 5.95 Å². The van der Waals surface area contributed by atoms with Gasteiger partial charge in [0.1, 0.15) is 23.4 Å². The lowest BCUT2D eigenvalue weighted by molar-refractivity contribution is -0.118. The monoisotopic (exact) mass is 484 g/mol. The summed E-state index contributed by atoms with van der Waals surface area (Å²) in [6, 6.07) is 13.6. The molecule has 0 saturated carbocycles. The molecule has 2 N–H and O–H groups in total. The van der Waals surface area contributed by atoms with Gasteiger partial charge < -0.3 is 5.73 Å². The fourth-order valence-electron chi connectivity index (χ4n) is 4.06. The molecule has 0 aliphatic carbocycles. The summed E-state index contributed by atoms with van der Waals surface area (Å²) in [4.78, 5) is 24.9. The van der Waals surface area contributed by atoms with Gasteiger partial charge in [-0.3, -0.25) is 9.78 Å². The van der Waals surface area contributed by atoms with Crippen LogP contribution in [0.15, 0.2) is 48.7 Å². The van der Waals surface area contributed by atoms with Crippen molar-refractivity contribution in [3.8, 4) is 28.7 Å². The van der Waals surface area contributed by atoms with Gasteiger partial charge in [0, 0.05) is 23.1 Å². The van der Waals surface area contributed by atoms with Gasteiger partial charge in [0.15, 0.2) is 0 Å².